The summed E-state index contributed by atoms with van der Waals surface area (Å²) in [5.74, 6) is 1.05. The predicted octanol–water partition coefficient (Wildman–Crippen LogP) is 0.779. The van der Waals surface area contributed by atoms with Crippen molar-refractivity contribution in [2.24, 2.45) is 7.05 Å². The molecule has 0 radical (unpaired) electrons. The van der Waals surface area contributed by atoms with Gasteiger partial charge in [0.25, 0.3) is 0 Å². The maximum absolute atomic E-state index is 4.30. The van der Waals surface area contributed by atoms with E-state index < -0.39 is 0 Å². The lowest BCUT2D eigenvalue weighted by Crippen LogP contribution is -2.48. The van der Waals surface area contributed by atoms with Crippen LogP contribution in [-0.4, -0.2) is 44.8 Å². The summed E-state index contributed by atoms with van der Waals surface area (Å²) in [7, 11) is 1.96. The summed E-state index contributed by atoms with van der Waals surface area (Å²) in [6.45, 7) is 8.78. The van der Waals surface area contributed by atoms with E-state index in [1.807, 2.05) is 11.7 Å². The third-order valence-corrected chi connectivity index (χ3v) is 3.73. The fourth-order valence-electron chi connectivity index (χ4n) is 2.36. The van der Waals surface area contributed by atoms with Crippen LogP contribution in [0.1, 0.15) is 32.5 Å². The molecule has 1 aromatic rings. The van der Waals surface area contributed by atoms with E-state index >= 15 is 0 Å². The van der Waals surface area contributed by atoms with Gasteiger partial charge in [-0.3, -0.25) is 9.58 Å². The second-order valence-electron chi connectivity index (χ2n) is 5.21. The zero-order valence-corrected chi connectivity index (χ0v) is 11.1. The van der Waals surface area contributed by atoms with E-state index in [-0.39, 0.29) is 5.54 Å². The van der Waals surface area contributed by atoms with Gasteiger partial charge < -0.3 is 5.32 Å². The molecule has 0 saturated carbocycles. The highest BCUT2D eigenvalue weighted by Gasteiger charge is 2.27. The number of aryl methyl sites for hydroxylation is 1. The van der Waals surface area contributed by atoms with E-state index in [9.17, 15) is 0 Å². The molecular weight excluding hydrogens is 214 g/mol. The van der Waals surface area contributed by atoms with Gasteiger partial charge in [-0.05, 0) is 32.9 Å². The van der Waals surface area contributed by atoms with Crippen molar-refractivity contribution in [2.45, 2.75) is 38.8 Å². The van der Waals surface area contributed by atoms with Gasteiger partial charge in [0.05, 0.1) is 6.54 Å². The zero-order chi connectivity index (χ0) is 12.3. The van der Waals surface area contributed by atoms with E-state index in [1.165, 1.54) is 6.42 Å². The van der Waals surface area contributed by atoms with Crippen molar-refractivity contribution in [2.75, 3.05) is 19.6 Å². The summed E-state index contributed by atoms with van der Waals surface area (Å²) in [6, 6.07) is 0. The Bertz CT molecular complexity index is 362. The topological polar surface area (TPSA) is 46.0 Å². The molecule has 96 valence electrons. The molecule has 5 nitrogen and oxygen atoms in total. The molecule has 2 heterocycles. The van der Waals surface area contributed by atoms with Crippen molar-refractivity contribution in [3.05, 3.63) is 12.2 Å². The van der Waals surface area contributed by atoms with Crippen molar-refractivity contribution in [3.8, 4) is 0 Å². The van der Waals surface area contributed by atoms with Gasteiger partial charge in [0.15, 0.2) is 0 Å². The Labute approximate surface area is 103 Å². The van der Waals surface area contributed by atoms with Crippen molar-refractivity contribution < 1.29 is 0 Å². The van der Waals surface area contributed by atoms with Crippen LogP contribution in [0.3, 0.4) is 0 Å². The lowest BCUT2D eigenvalue weighted by molar-refractivity contribution is 0.202. The molecule has 1 unspecified atom stereocenters. The Morgan fingerprint density at radius 2 is 2.35 bits per heavy atom. The van der Waals surface area contributed by atoms with Gasteiger partial charge in [0.1, 0.15) is 12.2 Å². The fourth-order valence-corrected chi connectivity index (χ4v) is 2.36. The van der Waals surface area contributed by atoms with Crippen LogP contribution in [0, 0.1) is 0 Å². The molecule has 1 N–H and O–H groups in total. The molecule has 1 aliphatic rings. The van der Waals surface area contributed by atoms with Crippen LogP contribution in [0.5, 0.6) is 0 Å². The minimum absolute atomic E-state index is 0.231. The molecule has 5 heteroatoms. The first-order chi connectivity index (χ1) is 8.13. The standard InChI is InChI=1S/C12H23N5/c1-4-12(2)9-17(7-5-6-14-12)8-11-13-10-15-16(11)3/h10,14H,4-9H2,1-3H3. The first-order valence-electron chi connectivity index (χ1n) is 6.43. The summed E-state index contributed by atoms with van der Waals surface area (Å²) in [5.41, 5.74) is 0.231. The zero-order valence-electron chi connectivity index (χ0n) is 11.1. The number of nitrogens with zero attached hydrogens (tertiary/aromatic N) is 4. The average Bonchev–Trinajstić information content (AvgIpc) is 2.60. The van der Waals surface area contributed by atoms with Gasteiger partial charge in [-0.1, -0.05) is 6.92 Å². The Morgan fingerprint density at radius 1 is 1.53 bits per heavy atom. The molecule has 1 atom stereocenters. The SMILES string of the molecule is CCC1(C)CN(Cc2ncnn2C)CCCN1. The molecule has 2 rings (SSSR count). The van der Waals surface area contributed by atoms with Crippen LogP contribution in [0.2, 0.25) is 0 Å². The van der Waals surface area contributed by atoms with Crippen LogP contribution in [0.4, 0.5) is 0 Å². The van der Waals surface area contributed by atoms with Crippen LogP contribution < -0.4 is 5.32 Å². The maximum atomic E-state index is 4.30. The molecule has 0 aliphatic carbocycles. The number of rotatable bonds is 3. The first kappa shape index (κ1) is 12.5. The molecule has 0 amide bonds. The van der Waals surface area contributed by atoms with Crippen molar-refractivity contribution in [1.82, 2.24) is 25.0 Å². The molecule has 0 aromatic carbocycles. The highest BCUT2D eigenvalue weighted by molar-refractivity contribution is 4.91. The molecule has 0 spiro atoms. The lowest BCUT2D eigenvalue weighted by Gasteiger charge is -2.32. The van der Waals surface area contributed by atoms with Gasteiger partial charge in [-0.15, -0.1) is 0 Å². The average molecular weight is 237 g/mol. The quantitative estimate of drug-likeness (QED) is 0.844. The summed E-state index contributed by atoms with van der Waals surface area (Å²) < 4.78 is 1.86. The van der Waals surface area contributed by atoms with Crippen molar-refractivity contribution >= 4 is 0 Å². The van der Waals surface area contributed by atoms with Crippen LogP contribution >= 0.6 is 0 Å². The predicted molar refractivity (Wildman–Crippen MR) is 67.6 cm³/mol. The summed E-state index contributed by atoms with van der Waals surface area (Å²) in [5, 5.41) is 7.77. The van der Waals surface area contributed by atoms with Gasteiger partial charge in [0.2, 0.25) is 0 Å². The normalized spacial score (nSPS) is 27.0. The smallest absolute Gasteiger partial charge is 0.140 e. The largest absolute Gasteiger partial charge is 0.310 e. The third kappa shape index (κ3) is 3.04. The number of hydrogen-bond acceptors (Lipinski definition) is 4. The molecule has 1 aliphatic heterocycles. The summed E-state index contributed by atoms with van der Waals surface area (Å²) in [4.78, 5) is 6.78. The molecule has 17 heavy (non-hydrogen) atoms. The van der Waals surface area contributed by atoms with E-state index in [2.05, 4.69) is 34.1 Å². The second kappa shape index (κ2) is 5.14. The minimum atomic E-state index is 0.231. The molecule has 1 fully saturated rings. The second-order valence-corrected chi connectivity index (χ2v) is 5.21. The van der Waals surface area contributed by atoms with E-state index in [0.717, 1.165) is 38.4 Å². The molecule has 1 saturated heterocycles. The van der Waals surface area contributed by atoms with Gasteiger partial charge in [0, 0.05) is 19.1 Å². The highest BCUT2D eigenvalue weighted by atomic mass is 15.3. The Hall–Kier alpha value is -0.940. The van der Waals surface area contributed by atoms with Gasteiger partial charge in [-0.25, -0.2) is 4.98 Å². The van der Waals surface area contributed by atoms with Crippen LogP contribution in [-0.2, 0) is 13.6 Å². The van der Waals surface area contributed by atoms with Crippen LogP contribution in [0.15, 0.2) is 6.33 Å². The monoisotopic (exact) mass is 237 g/mol. The van der Waals surface area contributed by atoms with Gasteiger partial charge in [-0.2, -0.15) is 5.10 Å². The van der Waals surface area contributed by atoms with E-state index in [0.29, 0.717) is 0 Å². The van der Waals surface area contributed by atoms with Crippen molar-refractivity contribution in [3.63, 3.8) is 0 Å². The molecular formula is C12H23N5. The maximum Gasteiger partial charge on any atom is 0.140 e. The number of hydrogen-bond donors (Lipinski definition) is 1. The minimum Gasteiger partial charge on any atom is -0.310 e. The Kier molecular flexibility index (Phi) is 3.79. The number of nitrogens with one attached hydrogen (secondary N) is 1. The summed E-state index contributed by atoms with van der Waals surface area (Å²) >= 11 is 0. The van der Waals surface area contributed by atoms with E-state index in [4.69, 9.17) is 0 Å². The number of aromatic nitrogens is 3. The van der Waals surface area contributed by atoms with E-state index in [1.54, 1.807) is 6.33 Å². The molecule has 1 aromatic heterocycles. The fraction of sp³-hybridized carbons (Fsp3) is 0.833. The Morgan fingerprint density at radius 3 is 3.00 bits per heavy atom. The summed E-state index contributed by atoms with van der Waals surface area (Å²) in [6.07, 6.45) is 3.99. The highest BCUT2D eigenvalue weighted by Crippen LogP contribution is 2.16. The van der Waals surface area contributed by atoms with Gasteiger partial charge >= 0.3 is 0 Å². The third-order valence-electron chi connectivity index (χ3n) is 3.73. The van der Waals surface area contributed by atoms with Crippen LogP contribution in [0.25, 0.3) is 0 Å². The van der Waals surface area contributed by atoms with Crippen molar-refractivity contribution in [1.29, 1.82) is 0 Å². The Balaban J connectivity index is 2.02. The first-order valence-corrected chi connectivity index (χ1v) is 6.43. The lowest BCUT2D eigenvalue weighted by atomic mass is 9.98. The molecule has 0 bridgehead atoms.